The van der Waals surface area contributed by atoms with Crippen LogP contribution in [0, 0.1) is 11.8 Å². The minimum Gasteiger partial charge on any atom is -0.384 e. The Morgan fingerprint density at radius 2 is 2.08 bits per heavy atom. The van der Waals surface area contributed by atoms with Gasteiger partial charge in [0.05, 0.1) is 0 Å². The summed E-state index contributed by atoms with van der Waals surface area (Å²) in [5.41, 5.74) is 0. The molecule has 0 amide bonds. The molecule has 0 rings (SSSR count). The SMILES string of the molecule is CCCC(CNC)C(C)COC. The third-order valence-corrected chi connectivity index (χ3v) is 2.36. The van der Waals surface area contributed by atoms with Crippen LogP contribution in [0.1, 0.15) is 26.7 Å². The first-order chi connectivity index (χ1) is 5.76. The van der Waals surface area contributed by atoms with Crippen LogP contribution in [-0.4, -0.2) is 27.3 Å². The van der Waals surface area contributed by atoms with Gasteiger partial charge in [-0.1, -0.05) is 20.3 Å². The molecule has 12 heavy (non-hydrogen) atoms. The van der Waals surface area contributed by atoms with Crippen LogP contribution in [0.2, 0.25) is 0 Å². The van der Waals surface area contributed by atoms with Crippen LogP contribution < -0.4 is 5.32 Å². The van der Waals surface area contributed by atoms with Crippen LogP contribution in [-0.2, 0) is 4.74 Å². The second kappa shape index (κ2) is 7.56. The Kier molecular flexibility index (Phi) is 7.51. The van der Waals surface area contributed by atoms with Crippen LogP contribution in [0.25, 0.3) is 0 Å². The molecule has 0 aliphatic heterocycles. The zero-order valence-electron chi connectivity index (χ0n) is 8.89. The Labute approximate surface area is 76.7 Å². The summed E-state index contributed by atoms with van der Waals surface area (Å²) in [6.07, 6.45) is 2.56. The van der Waals surface area contributed by atoms with Crippen LogP contribution in [0.3, 0.4) is 0 Å². The van der Waals surface area contributed by atoms with E-state index in [1.807, 2.05) is 7.05 Å². The van der Waals surface area contributed by atoms with Gasteiger partial charge in [0.15, 0.2) is 0 Å². The second-order valence-electron chi connectivity index (χ2n) is 3.54. The van der Waals surface area contributed by atoms with Gasteiger partial charge in [-0.2, -0.15) is 0 Å². The molecule has 0 aromatic rings. The number of rotatable bonds is 7. The average molecular weight is 173 g/mol. The highest BCUT2D eigenvalue weighted by Gasteiger charge is 2.14. The minimum absolute atomic E-state index is 0.669. The summed E-state index contributed by atoms with van der Waals surface area (Å²) in [5, 5.41) is 3.24. The lowest BCUT2D eigenvalue weighted by Gasteiger charge is -2.22. The standard InChI is InChI=1S/C10H23NO/c1-5-6-10(7-11-3)9(2)8-12-4/h9-11H,5-8H2,1-4H3. The summed E-state index contributed by atoms with van der Waals surface area (Å²) in [6, 6.07) is 0. The molecule has 0 radical (unpaired) electrons. The molecule has 0 heterocycles. The van der Waals surface area contributed by atoms with E-state index < -0.39 is 0 Å². The summed E-state index contributed by atoms with van der Waals surface area (Å²) in [7, 11) is 3.79. The molecule has 0 aliphatic carbocycles. The monoisotopic (exact) mass is 173 g/mol. The fourth-order valence-corrected chi connectivity index (χ4v) is 1.62. The van der Waals surface area contributed by atoms with Gasteiger partial charge in [0.2, 0.25) is 0 Å². The Bertz CT molecular complexity index is 89.8. The van der Waals surface area contributed by atoms with Gasteiger partial charge in [0.1, 0.15) is 0 Å². The van der Waals surface area contributed by atoms with Crippen molar-refractivity contribution in [3.8, 4) is 0 Å². The maximum Gasteiger partial charge on any atom is 0.0490 e. The molecule has 0 bridgehead atoms. The van der Waals surface area contributed by atoms with E-state index in [0.717, 1.165) is 19.1 Å². The molecule has 0 aromatic carbocycles. The first kappa shape index (κ1) is 11.9. The first-order valence-corrected chi connectivity index (χ1v) is 4.89. The molecule has 0 aromatic heterocycles. The van der Waals surface area contributed by atoms with Gasteiger partial charge < -0.3 is 10.1 Å². The molecule has 2 nitrogen and oxygen atoms in total. The van der Waals surface area contributed by atoms with Crippen molar-refractivity contribution in [3.05, 3.63) is 0 Å². The van der Waals surface area contributed by atoms with E-state index in [9.17, 15) is 0 Å². The highest BCUT2D eigenvalue weighted by molar-refractivity contribution is 4.67. The van der Waals surface area contributed by atoms with Crippen molar-refractivity contribution < 1.29 is 4.74 Å². The van der Waals surface area contributed by atoms with E-state index in [4.69, 9.17) is 4.74 Å². The second-order valence-corrected chi connectivity index (χ2v) is 3.54. The van der Waals surface area contributed by atoms with E-state index in [0.29, 0.717) is 5.92 Å². The molecule has 0 aliphatic rings. The van der Waals surface area contributed by atoms with E-state index in [2.05, 4.69) is 19.2 Å². The zero-order chi connectivity index (χ0) is 9.40. The number of nitrogens with one attached hydrogen (secondary N) is 1. The normalized spacial score (nSPS) is 16.0. The number of hydrogen-bond acceptors (Lipinski definition) is 2. The maximum absolute atomic E-state index is 5.15. The highest BCUT2D eigenvalue weighted by Crippen LogP contribution is 2.16. The Hall–Kier alpha value is -0.0800. The van der Waals surface area contributed by atoms with Crippen molar-refractivity contribution in [2.45, 2.75) is 26.7 Å². The molecule has 0 saturated carbocycles. The topological polar surface area (TPSA) is 21.3 Å². The van der Waals surface area contributed by atoms with Crippen LogP contribution in [0.4, 0.5) is 0 Å². The molecule has 0 spiro atoms. The van der Waals surface area contributed by atoms with E-state index in [1.165, 1.54) is 12.8 Å². The molecule has 2 atom stereocenters. The predicted octanol–water partition coefficient (Wildman–Crippen LogP) is 1.90. The van der Waals surface area contributed by atoms with Crippen molar-refractivity contribution >= 4 is 0 Å². The van der Waals surface area contributed by atoms with Gasteiger partial charge in [-0.15, -0.1) is 0 Å². The average Bonchev–Trinajstić information content (AvgIpc) is 2.04. The number of hydrogen-bond donors (Lipinski definition) is 1. The number of methoxy groups -OCH3 is 1. The van der Waals surface area contributed by atoms with Gasteiger partial charge in [0, 0.05) is 13.7 Å². The van der Waals surface area contributed by atoms with Gasteiger partial charge >= 0.3 is 0 Å². The largest absolute Gasteiger partial charge is 0.384 e. The van der Waals surface area contributed by atoms with E-state index in [-0.39, 0.29) is 0 Å². The summed E-state index contributed by atoms with van der Waals surface area (Å²) in [4.78, 5) is 0. The van der Waals surface area contributed by atoms with E-state index >= 15 is 0 Å². The lowest BCUT2D eigenvalue weighted by molar-refractivity contribution is 0.125. The molecule has 74 valence electrons. The molecule has 1 N–H and O–H groups in total. The van der Waals surface area contributed by atoms with Crippen LogP contribution in [0.5, 0.6) is 0 Å². The van der Waals surface area contributed by atoms with Crippen molar-refractivity contribution in [3.63, 3.8) is 0 Å². The van der Waals surface area contributed by atoms with E-state index in [1.54, 1.807) is 7.11 Å². The number of ether oxygens (including phenoxy) is 1. The predicted molar refractivity (Wildman–Crippen MR) is 53.4 cm³/mol. The minimum atomic E-state index is 0.669. The summed E-state index contributed by atoms with van der Waals surface area (Å²) in [5.74, 6) is 1.43. The highest BCUT2D eigenvalue weighted by atomic mass is 16.5. The summed E-state index contributed by atoms with van der Waals surface area (Å²) in [6.45, 7) is 6.49. The Morgan fingerprint density at radius 3 is 2.50 bits per heavy atom. The molecular formula is C10H23NO. The lowest BCUT2D eigenvalue weighted by atomic mass is 9.90. The quantitative estimate of drug-likeness (QED) is 0.635. The van der Waals surface area contributed by atoms with Crippen molar-refractivity contribution in [2.75, 3.05) is 27.3 Å². The van der Waals surface area contributed by atoms with Crippen molar-refractivity contribution in [2.24, 2.45) is 11.8 Å². The van der Waals surface area contributed by atoms with Crippen LogP contribution >= 0.6 is 0 Å². The van der Waals surface area contributed by atoms with Gasteiger partial charge in [0.25, 0.3) is 0 Å². The molecule has 0 fully saturated rings. The maximum atomic E-state index is 5.15. The smallest absolute Gasteiger partial charge is 0.0490 e. The molecular weight excluding hydrogens is 150 g/mol. The van der Waals surface area contributed by atoms with Gasteiger partial charge in [-0.3, -0.25) is 0 Å². The Balaban J connectivity index is 3.72. The molecule has 2 heteroatoms. The molecule has 2 unspecified atom stereocenters. The zero-order valence-corrected chi connectivity index (χ0v) is 8.89. The third-order valence-electron chi connectivity index (χ3n) is 2.36. The van der Waals surface area contributed by atoms with Gasteiger partial charge in [-0.05, 0) is 31.8 Å². The lowest BCUT2D eigenvalue weighted by Crippen LogP contribution is -2.26. The van der Waals surface area contributed by atoms with Crippen LogP contribution in [0.15, 0.2) is 0 Å². The Morgan fingerprint density at radius 1 is 1.42 bits per heavy atom. The first-order valence-electron chi connectivity index (χ1n) is 4.89. The summed E-state index contributed by atoms with van der Waals surface area (Å²) >= 11 is 0. The van der Waals surface area contributed by atoms with Crippen molar-refractivity contribution in [1.82, 2.24) is 5.32 Å². The summed E-state index contributed by atoms with van der Waals surface area (Å²) < 4.78 is 5.15. The fourth-order valence-electron chi connectivity index (χ4n) is 1.62. The van der Waals surface area contributed by atoms with Crippen molar-refractivity contribution in [1.29, 1.82) is 0 Å². The van der Waals surface area contributed by atoms with Gasteiger partial charge in [-0.25, -0.2) is 0 Å². The molecule has 0 saturated heterocycles. The fraction of sp³-hybridized carbons (Fsp3) is 1.00. The third kappa shape index (κ3) is 4.73.